The lowest BCUT2D eigenvalue weighted by molar-refractivity contribution is 0.0525. The predicted octanol–water partition coefficient (Wildman–Crippen LogP) is 3.28. The molecule has 0 bridgehead atoms. The largest absolute Gasteiger partial charge is 0.462 e. The van der Waals surface area contributed by atoms with E-state index in [0.717, 1.165) is 0 Å². The second-order valence-electron chi connectivity index (χ2n) is 2.34. The lowest BCUT2D eigenvalue weighted by Crippen LogP contribution is -2.05. The first-order chi connectivity index (χ1) is 6.15. The van der Waals surface area contributed by atoms with E-state index >= 15 is 0 Å². The van der Waals surface area contributed by atoms with Gasteiger partial charge in [0.2, 0.25) is 0 Å². The number of esters is 1. The Morgan fingerprint density at radius 2 is 2.31 bits per heavy atom. The Morgan fingerprint density at radius 3 is 2.92 bits per heavy atom. The highest BCUT2D eigenvalue weighted by Crippen LogP contribution is 2.21. The fourth-order valence-corrected chi connectivity index (χ4v) is 1.44. The van der Waals surface area contributed by atoms with Gasteiger partial charge in [-0.05, 0) is 41.1 Å². The molecule has 0 unspecified atom stereocenters. The SMILES string of the molecule is CCOC(=O)c1cc(Cl)ccc1Br. The summed E-state index contributed by atoms with van der Waals surface area (Å²) >= 11 is 8.97. The van der Waals surface area contributed by atoms with Crippen molar-refractivity contribution in [1.82, 2.24) is 0 Å². The highest BCUT2D eigenvalue weighted by Gasteiger charge is 2.10. The molecule has 0 saturated carbocycles. The zero-order valence-electron chi connectivity index (χ0n) is 7.01. The second-order valence-corrected chi connectivity index (χ2v) is 3.64. The van der Waals surface area contributed by atoms with Gasteiger partial charge in [-0.15, -0.1) is 0 Å². The molecule has 0 aliphatic heterocycles. The number of hydrogen-bond acceptors (Lipinski definition) is 2. The van der Waals surface area contributed by atoms with Crippen molar-refractivity contribution in [1.29, 1.82) is 0 Å². The minimum atomic E-state index is -0.364. The molecule has 2 nitrogen and oxygen atoms in total. The van der Waals surface area contributed by atoms with Crippen molar-refractivity contribution in [3.05, 3.63) is 33.3 Å². The number of halogens is 2. The second kappa shape index (κ2) is 4.63. The maximum absolute atomic E-state index is 11.3. The van der Waals surface area contributed by atoms with Gasteiger partial charge in [0, 0.05) is 9.50 Å². The Kier molecular flexibility index (Phi) is 3.75. The van der Waals surface area contributed by atoms with E-state index in [0.29, 0.717) is 21.7 Å². The molecule has 0 fully saturated rings. The summed E-state index contributed by atoms with van der Waals surface area (Å²) in [6.07, 6.45) is 0. The molecule has 0 aromatic heterocycles. The molecule has 13 heavy (non-hydrogen) atoms. The first-order valence-corrected chi connectivity index (χ1v) is 4.94. The molecule has 0 saturated heterocycles. The van der Waals surface area contributed by atoms with E-state index < -0.39 is 0 Å². The Morgan fingerprint density at radius 1 is 1.62 bits per heavy atom. The molecule has 0 aliphatic rings. The molecule has 0 amide bonds. The van der Waals surface area contributed by atoms with Crippen LogP contribution in [0.2, 0.25) is 5.02 Å². The van der Waals surface area contributed by atoms with Gasteiger partial charge in [-0.25, -0.2) is 4.79 Å². The molecular formula is C9H8BrClO2. The van der Waals surface area contributed by atoms with E-state index in [-0.39, 0.29) is 5.97 Å². The van der Waals surface area contributed by atoms with Gasteiger partial charge >= 0.3 is 5.97 Å². The molecule has 0 heterocycles. The summed E-state index contributed by atoms with van der Waals surface area (Å²) in [6.45, 7) is 2.12. The van der Waals surface area contributed by atoms with Gasteiger partial charge in [0.15, 0.2) is 0 Å². The third-order valence-electron chi connectivity index (χ3n) is 1.42. The van der Waals surface area contributed by atoms with E-state index in [9.17, 15) is 4.79 Å². The van der Waals surface area contributed by atoms with Crippen molar-refractivity contribution in [2.75, 3.05) is 6.61 Å². The molecule has 0 spiro atoms. The molecule has 1 aromatic carbocycles. The molecule has 0 N–H and O–H groups in total. The Hall–Kier alpha value is -0.540. The average molecular weight is 264 g/mol. The highest BCUT2D eigenvalue weighted by molar-refractivity contribution is 9.10. The van der Waals surface area contributed by atoms with Gasteiger partial charge in [-0.3, -0.25) is 0 Å². The standard InChI is InChI=1S/C9H8BrClO2/c1-2-13-9(12)7-5-6(11)3-4-8(7)10/h3-5H,2H2,1H3. The van der Waals surface area contributed by atoms with E-state index in [4.69, 9.17) is 16.3 Å². The number of rotatable bonds is 2. The lowest BCUT2D eigenvalue weighted by Gasteiger charge is -2.03. The van der Waals surface area contributed by atoms with E-state index in [1.807, 2.05) is 0 Å². The van der Waals surface area contributed by atoms with Crippen molar-refractivity contribution in [3.63, 3.8) is 0 Å². The van der Waals surface area contributed by atoms with Gasteiger partial charge in [-0.2, -0.15) is 0 Å². The third kappa shape index (κ3) is 2.71. The first-order valence-electron chi connectivity index (χ1n) is 3.77. The predicted molar refractivity (Wildman–Crippen MR) is 55.1 cm³/mol. The molecule has 70 valence electrons. The van der Waals surface area contributed by atoms with E-state index in [1.165, 1.54) is 0 Å². The Bertz CT molecular complexity index is 325. The molecule has 0 radical (unpaired) electrons. The summed E-state index contributed by atoms with van der Waals surface area (Å²) in [4.78, 5) is 11.3. The fourth-order valence-electron chi connectivity index (χ4n) is 0.863. The van der Waals surface area contributed by atoms with Crippen LogP contribution in [-0.2, 0) is 4.74 Å². The van der Waals surface area contributed by atoms with Crippen LogP contribution in [0.15, 0.2) is 22.7 Å². The van der Waals surface area contributed by atoms with Crippen LogP contribution < -0.4 is 0 Å². The van der Waals surface area contributed by atoms with Crippen molar-refractivity contribution in [3.8, 4) is 0 Å². The highest BCUT2D eigenvalue weighted by atomic mass is 79.9. The van der Waals surface area contributed by atoms with Crippen molar-refractivity contribution < 1.29 is 9.53 Å². The summed E-state index contributed by atoms with van der Waals surface area (Å²) in [5, 5.41) is 0.520. The van der Waals surface area contributed by atoms with Gasteiger partial charge in [0.25, 0.3) is 0 Å². The van der Waals surface area contributed by atoms with Gasteiger partial charge in [-0.1, -0.05) is 11.6 Å². The smallest absolute Gasteiger partial charge is 0.339 e. The minimum Gasteiger partial charge on any atom is -0.462 e. The topological polar surface area (TPSA) is 26.3 Å². The molecule has 0 atom stereocenters. The number of carbonyl (C=O) groups is 1. The van der Waals surface area contributed by atoms with Crippen molar-refractivity contribution in [2.45, 2.75) is 6.92 Å². The Labute approximate surface area is 90.0 Å². The number of benzene rings is 1. The van der Waals surface area contributed by atoms with Crippen LogP contribution in [0.3, 0.4) is 0 Å². The zero-order valence-corrected chi connectivity index (χ0v) is 9.35. The molecule has 1 rings (SSSR count). The fraction of sp³-hybridized carbons (Fsp3) is 0.222. The van der Waals surface area contributed by atoms with Crippen LogP contribution in [0, 0.1) is 0 Å². The van der Waals surface area contributed by atoms with Gasteiger partial charge in [0.05, 0.1) is 12.2 Å². The molecule has 0 aliphatic carbocycles. The summed E-state index contributed by atoms with van der Waals surface area (Å²) in [5.74, 6) is -0.364. The van der Waals surface area contributed by atoms with Crippen molar-refractivity contribution in [2.24, 2.45) is 0 Å². The van der Waals surface area contributed by atoms with Gasteiger partial charge < -0.3 is 4.74 Å². The third-order valence-corrected chi connectivity index (χ3v) is 2.35. The van der Waals surface area contributed by atoms with Crippen molar-refractivity contribution >= 4 is 33.5 Å². The zero-order chi connectivity index (χ0) is 9.84. The van der Waals surface area contributed by atoms with E-state index in [2.05, 4.69) is 15.9 Å². The average Bonchev–Trinajstić information content (AvgIpc) is 2.09. The molecule has 4 heteroatoms. The van der Waals surface area contributed by atoms with Crippen LogP contribution in [0.5, 0.6) is 0 Å². The maximum atomic E-state index is 11.3. The number of ether oxygens (including phenoxy) is 1. The monoisotopic (exact) mass is 262 g/mol. The molecule has 1 aromatic rings. The number of hydrogen-bond donors (Lipinski definition) is 0. The summed E-state index contributed by atoms with van der Waals surface area (Å²) in [5.41, 5.74) is 0.453. The number of carbonyl (C=O) groups excluding carboxylic acids is 1. The van der Waals surface area contributed by atoms with Crippen LogP contribution in [0.4, 0.5) is 0 Å². The van der Waals surface area contributed by atoms with Crippen LogP contribution in [0.1, 0.15) is 17.3 Å². The Balaban J connectivity index is 2.99. The minimum absolute atomic E-state index is 0.359. The summed E-state index contributed by atoms with van der Waals surface area (Å²) < 4.78 is 5.53. The van der Waals surface area contributed by atoms with Crippen LogP contribution in [0.25, 0.3) is 0 Å². The van der Waals surface area contributed by atoms with Gasteiger partial charge in [0.1, 0.15) is 0 Å². The normalized spacial score (nSPS) is 9.77. The maximum Gasteiger partial charge on any atom is 0.339 e. The van der Waals surface area contributed by atoms with Crippen LogP contribution >= 0.6 is 27.5 Å². The quantitative estimate of drug-likeness (QED) is 0.766. The lowest BCUT2D eigenvalue weighted by atomic mass is 10.2. The molecular weight excluding hydrogens is 255 g/mol. The first kappa shape index (κ1) is 10.5. The van der Waals surface area contributed by atoms with E-state index in [1.54, 1.807) is 25.1 Å². The van der Waals surface area contributed by atoms with Crippen LogP contribution in [-0.4, -0.2) is 12.6 Å². The summed E-state index contributed by atoms with van der Waals surface area (Å²) in [6, 6.07) is 4.99. The summed E-state index contributed by atoms with van der Waals surface area (Å²) in [7, 11) is 0.